The van der Waals surface area contributed by atoms with Crippen LogP contribution in [0.3, 0.4) is 0 Å². The maximum absolute atomic E-state index is 12.8. The number of aromatic nitrogens is 1. The van der Waals surface area contributed by atoms with E-state index in [4.69, 9.17) is 9.47 Å². The van der Waals surface area contributed by atoms with Gasteiger partial charge in [0, 0.05) is 57.0 Å². The van der Waals surface area contributed by atoms with Crippen molar-refractivity contribution in [2.45, 2.75) is 18.9 Å². The third-order valence-corrected chi connectivity index (χ3v) is 5.13. The third kappa shape index (κ3) is 4.39. The summed E-state index contributed by atoms with van der Waals surface area (Å²) in [5, 5.41) is 0. The Morgan fingerprint density at radius 1 is 1.00 bits per heavy atom. The highest BCUT2D eigenvalue weighted by atomic mass is 16.5. The second-order valence-electron chi connectivity index (χ2n) is 6.93. The highest BCUT2D eigenvalue weighted by molar-refractivity contribution is 5.94. The Bertz CT molecular complexity index is 737. The third-order valence-electron chi connectivity index (χ3n) is 5.13. The summed E-state index contributed by atoms with van der Waals surface area (Å²) in [5.41, 5.74) is 1.82. The van der Waals surface area contributed by atoms with E-state index in [1.807, 2.05) is 29.2 Å². The van der Waals surface area contributed by atoms with Crippen molar-refractivity contribution < 1.29 is 14.3 Å². The first kappa shape index (κ1) is 17.8. The van der Waals surface area contributed by atoms with Gasteiger partial charge in [-0.2, -0.15) is 0 Å². The number of ether oxygens (including phenoxy) is 2. The summed E-state index contributed by atoms with van der Waals surface area (Å²) < 4.78 is 11.2. The Morgan fingerprint density at radius 3 is 2.41 bits per heavy atom. The molecule has 6 heteroatoms. The van der Waals surface area contributed by atoms with Crippen molar-refractivity contribution in [3.8, 4) is 5.88 Å². The highest BCUT2D eigenvalue weighted by Gasteiger charge is 2.23. The van der Waals surface area contributed by atoms with Crippen molar-refractivity contribution in [2.24, 2.45) is 0 Å². The summed E-state index contributed by atoms with van der Waals surface area (Å²) >= 11 is 0. The molecule has 142 valence electrons. The SMILES string of the molecule is O=C(c1ccc(OC2CCOCC2)nc1)N1CCN(c2ccccc2)CC1. The minimum absolute atomic E-state index is 0.0350. The number of hydrogen-bond donors (Lipinski definition) is 0. The first-order valence-corrected chi connectivity index (χ1v) is 9.59. The van der Waals surface area contributed by atoms with E-state index in [2.05, 4.69) is 22.0 Å². The van der Waals surface area contributed by atoms with E-state index in [0.717, 1.165) is 39.1 Å². The number of pyridine rings is 1. The van der Waals surface area contributed by atoms with Crippen molar-refractivity contribution in [3.63, 3.8) is 0 Å². The summed E-state index contributed by atoms with van der Waals surface area (Å²) in [4.78, 5) is 21.3. The van der Waals surface area contributed by atoms with E-state index in [-0.39, 0.29) is 12.0 Å². The molecule has 0 unspecified atom stereocenters. The highest BCUT2D eigenvalue weighted by Crippen LogP contribution is 2.19. The molecule has 3 heterocycles. The molecule has 0 atom stereocenters. The maximum atomic E-state index is 12.8. The monoisotopic (exact) mass is 367 g/mol. The van der Waals surface area contributed by atoms with E-state index in [9.17, 15) is 4.79 Å². The summed E-state index contributed by atoms with van der Waals surface area (Å²) in [6, 6.07) is 13.9. The van der Waals surface area contributed by atoms with E-state index in [1.54, 1.807) is 12.3 Å². The van der Waals surface area contributed by atoms with Crippen LogP contribution in [0.1, 0.15) is 23.2 Å². The first-order valence-electron chi connectivity index (χ1n) is 9.59. The lowest BCUT2D eigenvalue weighted by Gasteiger charge is -2.36. The molecule has 1 amide bonds. The molecular formula is C21H25N3O3. The fourth-order valence-corrected chi connectivity index (χ4v) is 3.53. The van der Waals surface area contributed by atoms with Gasteiger partial charge in [0.1, 0.15) is 6.10 Å². The van der Waals surface area contributed by atoms with Crippen LogP contribution in [-0.2, 0) is 4.74 Å². The van der Waals surface area contributed by atoms with Crippen LogP contribution < -0.4 is 9.64 Å². The van der Waals surface area contributed by atoms with Crippen LogP contribution in [0.15, 0.2) is 48.7 Å². The van der Waals surface area contributed by atoms with E-state index in [1.165, 1.54) is 5.69 Å². The van der Waals surface area contributed by atoms with E-state index < -0.39 is 0 Å². The Balaban J connectivity index is 1.32. The molecule has 0 radical (unpaired) electrons. The van der Waals surface area contributed by atoms with Gasteiger partial charge in [0.05, 0.1) is 18.8 Å². The van der Waals surface area contributed by atoms with Crippen LogP contribution in [0.4, 0.5) is 5.69 Å². The van der Waals surface area contributed by atoms with Crippen LogP contribution in [0, 0.1) is 0 Å². The van der Waals surface area contributed by atoms with Crippen molar-refractivity contribution in [1.82, 2.24) is 9.88 Å². The molecule has 0 N–H and O–H groups in total. The van der Waals surface area contributed by atoms with E-state index in [0.29, 0.717) is 24.5 Å². The van der Waals surface area contributed by atoms with Crippen LogP contribution >= 0.6 is 0 Å². The van der Waals surface area contributed by atoms with Crippen molar-refractivity contribution in [1.29, 1.82) is 0 Å². The van der Waals surface area contributed by atoms with Gasteiger partial charge in [-0.15, -0.1) is 0 Å². The van der Waals surface area contributed by atoms with Gasteiger partial charge < -0.3 is 19.3 Å². The first-order chi connectivity index (χ1) is 13.3. The molecule has 0 saturated carbocycles. The molecule has 0 bridgehead atoms. The number of carbonyl (C=O) groups excluding carboxylic acids is 1. The lowest BCUT2D eigenvalue weighted by atomic mass is 10.1. The summed E-state index contributed by atoms with van der Waals surface area (Å²) in [5.74, 6) is 0.611. The standard InChI is InChI=1S/C21H25N3O3/c25-21(24-12-10-23(11-13-24)18-4-2-1-3-5-18)17-6-7-20(22-16-17)27-19-8-14-26-15-9-19/h1-7,16,19H,8-15H2. The van der Waals surface area contributed by atoms with E-state index >= 15 is 0 Å². The number of piperazine rings is 1. The number of anilines is 1. The van der Waals surface area contributed by atoms with Gasteiger partial charge in [0.15, 0.2) is 0 Å². The lowest BCUT2D eigenvalue weighted by molar-refractivity contribution is 0.0237. The molecule has 2 aliphatic heterocycles. The number of rotatable bonds is 4. The number of hydrogen-bond acceptors (Lipinski definition) is 5. The van der Waals surface area contributed by atoms with Gasteiger partial charge in [-0.05, 0) is 18.2 Å². The fraction of sp³-hybridized carbons (Fsp3) is 0.429. The van der Waals surface area contributed by atoms with Crippen LogP contribution in [0.25, 0.3) is 0 Å². The number of nitrogens with zero attached hydrogens (tertiary/aromatic N) is 3. The topological polar surface area (TPSA) is 54.9 Å². The van der Waals surface area contributed by atoms with Gasteiger partial charge in [0.25, 0.3) is 5.91 Å². The normalized spacial score (nSPS) is 18.4. The number of benzene rings is 1. The molecule has 2 aromatic rings. The fourth-order valence-electron chi connectivity index (χ4n) is 3.53. The summed E-state index contributed by atoms with van der Waals surface area (Å²) in [6.45, 7) is 4.58. The zero-order valence-electron chi connectivity index (χ0n) is 15.4. The van der Waals surface area contributed by atoms with Gasteiger partial charge in [-0.1, -0.05) is 18.2 Å². The molecule has 1 aromatic carbocycles. The van der Waals surface area contributed by atoms with Gasteiger partial charge in [0.2, 0.25) is 5.88 Å². The van der Waals surface area contributed by atoms with Crippen molar-refractivity contribution in [2.75, 3.05) is 44.3 Å². The second-order valence-corrected chi connectivity index (χ2v) is 6.93. The number of para-hydroxylation sites is 1. The van der Waals surface area contributed by atoms with Gasteiger partial charge in [-0.25, -0.2) is 4.98 Å². The van der Waals surface area contributed by atoms with Crippen LogP contribution in [0.5, 0.6) is 5.88 Å². The minimum Gasteiger partial charge on any atom is -0.474 e. The quantitative estimate of drug-likeness (QED) is 0.831. The van der Waals surface area contributed by atoms with Gasteiger partial charge >= 0.3 is 0 Å². The van der Waals surface area contributed by atoms with Gasteiger partial charge in [-0.3, -0.25) is 4.79 Å². The predicted molar refractivity (Wildman–Crippen MR) is 103 cm³/mol. The largest absolute Gasteiger partial charge is 0.474 e. The molecule has 27 heavy (non-hydrogen) atoms. The zero-order valence-corrected chi connectivity index (χ0v) is 15.4. The molecule has 1 aromatic heterocycles. The smallest absolute Gasteiger partial charge is 0.255 e. The van der Waals surface area contributed by atoms with Crippen LogP contribution in [0.2, 0.25) is 0 Å². The Morgan fingerprint density at radius 2 is 1.74 bits per heavy atom. The van der Waals surface area contributed by atoms with Crippen molar-refractivity contribution >= 4 is 11.6 Å². The number of amides is 1. The zero-order chi connectivity index (χ0) is 18.5. The van der Waals surface area contributed by atoms with Crippen molar-refractivity contribution in [3.05, 3.63) is 54.2 Å². The Labute approximate surface area is 159 Å². The molecule has 2 fully saturated rings. The Kier molecular flexibility index (Phi) is 5.53. The van der Waals surface area contributed by atoms with Crippen LogP contribution in [-0.4, -0.2) is 61.3 Å². The molecule has 0 spiro atoms. The average Bonchev–Trinajstić information content (AvgIpc) is 2.75. The summed E-state index contributed by atoms with van der Waals surface area (Å²) in [7, 11) is 0. The average molecular weight is 367 g/mol. The minimum atomic E-state index is 0.0350. The second kappa shape index (κ2) is 8.39. The lowest BCUT2D eigenvalue weighted by Crippen LogP contribution is -2.48. The molecule has 4 rings (SSSR count). The number of carbonyl (C=O) groups is 1. The molecule has 6 nitrogen and oxygen atoms in total. The Hall–Kier alpha value is -2.60. The predicted octanol–water partition coefficient (Wildman–Crippen LogP) is 2.60. The summed E-state index contributed by atoms with van der Waals surface area (Å²) in [6.07, 6.45) is 3.54. The molecular weight excluding hydrogens is 342 g/mol. The molecule has 2 saturated heterocycles. The maximum Gasteiger partial charge on any atom is 0.255 e. The molecule has 2 aliphatic rings. The molecule has 0 aliphatic carbocycles.